The van der Waals surface area contributed by atoms with Crippen molar-refractivity contribution in [3.8, 4) is 5.75 Å². The fraction of sp³-hybridized carbons (Fsp3) is 0.375. The number of likely N-dealkylation sites (tertiary alicyclic amines) is 1. The van der Waals surface area contributed by atoms with Crippen molar-refractivity contribution in [3.05, 3.63) is 71.4 Å². The van der Waals surface area contributed by atoms with Gasteiger partial charge in [0.15, 0.2) is 0 Å². The summed E-state index contributed by atoms with van der Waals surface area (Å²) in [6.45, 7) is 2.12. The molecule has 1 aliphatic heterocycles. The predicted octanol–water partition coefficient (Wildman–Crippen LogP) is 4.34. The van der Waals surface area contributed by atoms with Crippen LogP contribution in [0.4, 0.5) is 8.78 Å². The van der Waals surface area contributed by atoms with E-state index >= 15 is 0 Å². The van der Waals surface area contributed by atoms with Crippen molar-refractivity contribution in [3.63, 3.8) is 0 Å². The average molecular weight is 412 g/mol. The highest BCUT2D eigenvalue weighted by atomic mass is 19.1. The third kappa shape index (κ3) is 4.30. The van der Waals surface area contributed by atoms with Gasteiger partial charge in [-0.2, -0.15) is 0 Å². The number of hydrogen-bond acceptors (Lipinski definition) is 4. The molecule has 2 heterocycles. The van der Waals surface area contributed by atoms with E-state index in [-0.39, 0.29) is 6.61 Å². The maximum Gasteiger partial charge on any atom is 0.145 e. The number of pyridine rings is 1. The molecule has 3 aromatic rings. The summed E-state index contributed by atoms with van der Waals surface area (Å²) < 4.78 is 32.9. The van der Waals surface area contributed by atoms with Gasteiger partial charge in [-0.25, -0.2) is 13.8 Å². The molecule has 0 saturated carbocycles. The number of aromatic nitrogens is 1. The predicted molar refractivity (Wildman–Crippen MR) is 112 cm³/mol. The van der Waals surface area contributed by atoms with Crippen LogP contribution in [0.3, 0.4) is 0 Å². The van der Waals surface area contributed by atoms with Gasteiger partial charge in [-0.3, -0.25) is 4.90 Å². The molecule has 4 rings (SSSR count). The molecular formula is C24H26F2N2O2. The molecule has 1 fully saturated rings. The summed E-state index contributed by atoms with van der Waals surface area (Å²) in [7, 11) is 1.64. The molecule has 30 heavy (non-hydrogen) atoms. The van der Waals surface area contributed by atoms with Crippen LogP contribution in [-0.2, 0) is 13.0 Å². The number of halogens is 2. The highest BCUT2D eigenvalue weighted by Gasteiger charge is 2.36. The van der Waals surface area contributed by atoms with Crippen LogP contribution in [0.25, 0.3) is 10.9 Å². The Labute approximate surface area is 175 Å². The van der Waals surface area contributed by atoms with Crippen molar-refractivity contribution in [1.29, 1.82) is 0 Å². The molecule has 0 amide bonds. The van der Waals surface area contributed by atoms with E-state index in [0.29, 0.717) is 25.1 Å². The van der Waals surface area contributed by atoms with Gasteiger partial charge in [-0.1, -0.05) is 24.3 Å². The topological polar surface area (TPSA) is 45.6 Å². The Morgan fingerprint density at radius 2 is 2.03 bits per heavy atom. The number of hydrogen-bond donors (Lipinski definition) is 1. The standard InChI is InChI=1S/C24H26F2N2O2/c1-30-22-5-2-4-17-7-9-20(27-23(17)22)14-28-11-3-10-24(15-28,16-29)13-18-6-8-19(25)12-21(18)26/h2,4-9,12,29H,3,10-11,13-16H2,1H3/t24-/m0/s1. The molecule has 1 atom stereocenters. The molecule has 0 radical (unpaired) electrons. The van der Waals surface area contributed by atoms with E-state index in [0.717, 1.165) is 47.8 Å². The number of fused-ring (bicyclic) bond motifs is 1. The van der Waals surface area contributed by atoms with Gasteiger partial charge in [0, 0.05) is 30.0 Å². The number of piperidine rings is 1. The maximum absolute atomic E-state index is 14.2. The van der Waals surface area contributed by atoms with Crippen molar-refractivity contribution < 1.29 is 18.6 Å². The van der Waals surface area contributed by atoms with Crippen LogP contribution >= 0.6 is 0 Å². The second-order valence-electron chi connectivity index (χ2n) is 8.22. The summed E-state index contributed by atoms with van der Waals surface area (Å²) in [5.41, 5.74) is 1.75. The first-order valence-corrected chi connectivity index (χ1v) is 10.2. The third-order valence-corrected chi connectivity index (χ3v) is 6.00. The van der Waals surface area contributed by atoms with Crippen LogP contribution in [0.2, 0.25) is 0 Å². The molecule has 0 spiro atoms. The number of aliphatic hydroxyl groups excluding tert-OH is 1. The van der Waals surface area contributed by atoms with Crippen molar-refractivity contribution >= 4 is 10.9 Å². The van der Waals surface area contributed by atoms with Crippen molar-refractivity contribution in [2.75, 3.05) is 26.8 Å². The molecule has 0 bridgehead atoms. The molecular weight excluding hydrogens is 386 g/mol. The number of ether oxygens (including phenoxy) is 1. The normalized spacial score (nSPS) is 19.9. The van der Waals surface area contributed by atoms with Crippen LogP contribution in [-0.4, -0.2) is 41.8 Å². The van der Waals surface area contributed by atoms with E-state index in [1.54, 1.807) is 7.11 Å². The van der Waals surface area contributed by atoms with E-state index in [1.165, 1.54) is 12.1 Å². The lowest BCUT2D eigenvalue weighted by atomic mass is 9.75. The minimum absolute atomic E-state index is 0.0424. The molecule has 158 valence electrons. The second kappa shape index (κ2) is 8.66. The van der Waals surface area contributed by atoms with Crippen LogP contribution in [0.5, 0.6) is 5.75 Å². The summed E-state index contributed by atoms with van der Waals surface area (Å²) in [5, 5.41) is 11.2. The van der Waals surface area contributed by atoms with Gasteiger partial charge in [0.1, 0.15) is 22.9 Å². The van der Waals surface area contributed by atoms with Gasteiger partial charge in [-0.15, -0.1) is 0 Å². The van der Waals surface area contributed by atoms with Gasteiger partial charge >= 0.3 is 0 Å². The quantitative estimate of drug-likeness (QED) is 0.654. The third-order valence-electron chi connectivity index (χ3n) is 6.00. The first kappa shape index (κ1) is 20.7. The number of aliphatic hydroxyl groups is 1. The highest BCUT2D eigenvalue weighted by molar-refractivity contribution is 5.84. The summed E-state index contributed by atoms with van der Waals surface area (Å²) >= 11 is 0. The smallest absolute Gasteiger partial charge is 0.145 e. The van der Waals surface area contributed by atoms with Crippen molar-refractivity contribution in [1.82, 2.24) is 9.88 Å². The van der Waals surface area contributed by atoms with Gasteiger partial charge in [0.05, 0.1) is 19.4 Å². The summed E-state index contributed by atoms with van der Waals surface area (Å²) in [5.74, 6) is -0.398. The Balaban J connectivity index is 1.53. The Morgan fingerprint density at radius 3 is 2.80 bits per heavy atom. The minimum Gasteiger partial charge on any atom is -0.494 e. The zero-order valence-electron chi connectivity index (χ0n) is 17.1. The van der Waals surface area contributed by atoms with E-state index < -0.39 is 17.0 Å². The second-order valence-corrected chi connectivity index (χ2v) is 8.22. The van der Waals surface area contributed by atoms with E-state index in [4.69, 9.17) is 9.72 Å². The molecule has 0 aliphatic carbocycles. The Kier molecular flexibility index (Phi) is 5.97. The van der Waals surface area contributed by atoms with Crippen molar-refractivity contribution in [2.45, 2.75) is 25.8 Å². The molecule has 1 N–H and O–H groups in total. The maximum atomic E-state index is 14.2. The van der Waals surface area contributed by atoms with Gasteiger partial charge in [0.25, 0.3) is 0 Å². The van der Waals surface area contributed by atoms with E-state index in [9.17, 15) is 13.9 Å². The largest absolute Gasteiger partial charge is 0.494 e. The zero-order valence-corrected chi connectivity index (χ0v) is 17.1. The number of methoxy groups -OCH3 is 1. The molecule has 6 heteroatoms. The molecule has 2 aromatic carbocycles. The number of para-hydroxylation sites is 1. The molecule has 0 unspecified atom stereocenters. The van der Waals surface area contributed by atoms with Crippen LogP contribution in [0, 0.1) is 17.0 Å². The SMILES string of the molecule is COc1cccc2ccc(CN3CCC[C@](CO)(Cc4ccc(F)cc4F)C3)nc12. The average Bonchev–Trinajstić information content (AvgIpc) is 2.75. The fourth-order valence-electron chi connectivity index (χ4n) is 4.49. The van der Waals surface area contributed by atoms with E-state index in [1.807, 2.05) is 30.3 Å². The van der Waals surface area contributed by atoms with Gasteiger partial charge < -0.3 is 9.84 Å². The minimum atomic E-state index is -0.586. The molecule has 1 aromatic heterocycles. The monoisotopic (exact) mass is 412 g/mol. The number of nitrogens with zero attached hydrogens (tertiary/aromatic N) is 2. The zero-order chi connectivity index (χ0) is 21.1. The molecule has 1 saturated heterocycles. The summed E-state index contributed by atoms with van der Waals surface area (Å²) in [4.78, 5) is 7.05. The Morgan fingerprint density at radius 1 is 1.17 bits per heavy atom. The lowest BCUT2D eigenvalue weighted by Crippen LogP contribution is -2.46. The van der Waals surface area contributed by atoms with Gasteiger partial charge in [-0.05, 0) is 49.6 Å². The first-order valence-electron chi connectivity index (χ1n) is 10.2. The van der Waals surface area contributed by atoms with Crippen LogP contribution in [0.15, 0.2) is 48.5 Å². The van der Waals surface area contributed by atoms with Gasteiger partial charge in [0.2, 0.25) is 0 Å². The van der Waals surface area contributed by atoms with Crippen molar-refractivity contribution in [2.24, 2.45) is 5.41 Å². The lowest BCUT2D eigenvalue weighted by Gasteiger charge is -2.42. The fourth-order valence-corrected chi connectivity index (χ4v) is 4.49. The van der Waals surface area contributed by atoms with E-state index in [2.05, 4.69) is 4.90 Å². The highest BCUT2D eigenvalue weighted by Crippen LogP contribution is 2.35. The van der Waals surface area contributed by atoms with Crippen LogP contribution in [0.1, 0.15) is 24.1 Å². The number of benzene rings is 2. The summed E-state index contributed by atoms with van der Waals surface area (Å²) in [6, 6.07) is 13.6. The first-order chi connectivity index (χ1) is 14.5. The Bertz CT molecular complexity index is 1040. The Hall–Kier alpha value is -2.57. The molecule has 4 nitrogen and oxygen atoms in total. The number of rotatable bonds is 6. The van der Waals surface area contributed by atoms with Crippen LogP contribution < -0.4 is 4.74 Å². The molecule has 1 aliphatic rings. The summed E-state index contributed by atoms with van der Waals surface area (Å²) in [6.07, 6.45) is 2.08. The lowest BCUT2D eigenvalue weighted by molar-refractivity contribution is 0.0278.